The van der Waals surface area contributed by atoms with Gasteiger partial charge in [-0.25, -0.2) is 13.4 Å². The maximum Gasteiger partial charge on any atom is 0.181 e. The standard InChI is InChI=1S/C12H13N3O2S/c1-18(16,17)10-4-2-3-9(7-10)12-13-11(14-15-12)8-5-6-8/h2-4,7-8H,5-6H2,1H3,(H,13,14,15). The SMILES string of the molecule is CS(=O)(=O)c1cccc(-c2n[nH]c(C3CC3)n2)c1. The van der Waals surface area contributed by atoms with E-state index in [1.54, 1.807) is 18.2 Å². The summed E-state index contributed by atoms with van der Waals surface area (Å²) in [7, 11) is -3.20. The highest BCUT2D eigenvalue weighted by Crippen LogP contribution is 2.38. The number of hydrogen-bond donors (Lipinski definition) is 1. The van der Waals surface area contributed by atoms with Gasteiger partial charge >= 0.3 is 0 Å². The van der Waals surface area contributed by atoms with Crippen molar-refractivity contribution < 1.29 is 8.42 Å². The number of aromatic amines is 1. The maximum atomic E-state index is 11.5. The Morgan fingerprint density at radius 2 is 2.11 bits per heavy atom. The van der Waals surface area contributed by atoms with Crippen LogP contribution in [0.5, 0.6) is 0 Å². The number of H-pyrrole nitrogens is 1. The van der Waals surface area contributed by atoms with Crippen molar-refractivity contribution >= 4 is 9.84 Å². The van der Waals surface area contributed by atoms with Gasteiger partial charge in [-0.1, -0.05) is 12.1 Å². The second-order valence-electron chi connectivity index (χ2n) is 4.62. The van der Waals surface area contributed by atoms with E-state index in [9.17, 15) is 8.42 Å². The van der Waals surface area contributed by atoms with Gasteiger partial charge in [0.15, 0.2) is 15.7 Å². The molecule has 1 aliphatic rings. The molecule has 0 atom stereocenters. The Labute approximate surface area is 105 Å². The molecule has 0 aliphatic heterocycles. The number of nitrogens with one attached hydrogen (secondary N) is 1. The summed E-state index contributed by atoms with van der Waals surface area (Å²) in [5.41, 5.74) is 0.723. The monoisotopic (exact) mass is 263 g/mol. The van der Waals surface area contributed by atoms with Crippen molar-refractivity contribution in [3.05, 3.63) is 30.1 Å². The number of rotatable bonds is 3. The first-order valence-corrected chi connectivity index (χ1v) is 7.66. The van der Waals surface area contributed by atoms with Crippen LogP contribution < -0.4 is 0 Å². The molecular weight excluding hydrogens is 250 g/mol. The average Bonchev–Trinajstić information content (AvgIpc) is 3.06. The third kappa shape index (κ3) is 2.15. The quantitative estimate of drug-likeness (QED) is 0.915. The minimum atomic E-state index is -3.20. The summed E-state index contributed by atoms with van der Waals surface area (Å²) in [6.07, 6.45) is 3.50. The normalized spacial score (nSPS) is 15.8. The van der Waals surface area contributed by atoms with Crippen LogP contribution in [0.15, 0.2) is 29.2 Å². The van der Waals surface area contributed by atoms with E-state index in [4.69, 9.17) is 0 Å². The van der Waals surface area contributed by atoms with Crippen LogP contribution in [0, 0.1) is 0 Å². The fourth-order valence-electron chi connectivity index (χ4n) is 1.81. The molecule has 1 aromatic carbocycles. The first-order chi connectivity index (χ1) is 8.54. The number of hydrogen-bond acceptors (Lipinski definition) is 4. The summed E-state index contributed by atoms with van der Waals surface area (Å²) < 4.78 is 23.0. The minimum absolute atomic E-state index is 0.290. The molecule has 5 nitrogen and oxygen atoms in total. The Kier molecular flexibility index (Phi) is 2.48. The maximum absolute atomic E-state index is 11.5. The zero-order chi connectivity index (χ0) is 12.8. The number of sulfone groups is 1. The zero-order valence-corrected chi connectivity index (χ0v) is 10.7. The summed E-state index contributed by atoms with van der Waals surface area (Å²) in [6, 6.07) is 6.70. The van der Waals surface area contributed by atoms with Gasteiger partial charge in [-0.2, -0.15) is 5.10 Å². The van der Waals surface area contributed by atoms with Gasteiger partial charge in [-0.05, 0) is 25.0 Å². The lowest BCUT2D eigenvalue weighted by Gasteiger charge is -2.00. The van der Waals surface area contributed by atoms with E-state index in [2.05, 4.69) is 15.2 Å². The highest BCUT2D eigenvalue weighted by atomic mass is 32.2. The Morgan fingerprint density at radius 3 is 2.78 bits per heavy atom. The lowest BCUT2D eigenvalue weighted by Crippen LogP contribution is -1.97. The number of nitrogens with zero attached hydrogens (tertiary/aromatic N) is 2. The largest absolute Gasteiger partial charge is 0.262 e. The Morgan fingerprint density at radius 1 is 1.33 bits per heavy atom. The lowest BCUT2D eigenvalue weighted by molar-refractivity contribution is 0.602. The lowest BCUT2D eigenvalue weighted by atomic mass is 10.2. The van der Waals surface area contributed by atoms with Crippen LogP contribution in [0.1, 0.15) is 24.6 Å². The minimum Gasteiger partial charge on any atom is -0.262 e. The van der Waals surface area contributed by atoms with E-state index < -0.39 is 9.84 Å². The predicted molar refractivity (Wildman–Crippen MR) is 66.9 cm³/mol. The molecule has 1 heterocycles. The molecule has 0 unspecified atom stereocenters. The van der Waals surface area contributed by atoms with Gasteiger partial charge in [-0.15, -0.1) is 0 Å². The third-order valence-electron chi connectivity index (χ3n) is 2.99. The van der Waals surface area contributed by atoms with E-state index in [1.807, 2.05) is 6.07 Å². The van der Waals surface area contributed by atoms with Crippen LogP contribution in [0.4, 0.5) is 0 Å². The van der Waals surface area contributed by atoms with E-state index in [-0.39, 0.29) is 4.90 Å². The molecule has 3 rings (SSSR count). The van der Waals surface area contributed by atoms with Crippen molar-refractivity contribution in [3.8, 4) is 11.4 Å². The summed E-state index contributed by atoms with van der Waals surface area (Å²) >= 11 is 0. The molecule has 0 radical (unpaired) electrons. The molecule has 1 saturated carbocycles. The van der Waals surface area contributed by atoms with Crippen LogP contribution in [0.2, 0.25) is 0 Å². The van der Waals surface area contributed by atoms with E-state index in [0.29, 0.717) is 11.7 Å². The molecule has 1 aromatic heterocycles. The molecule has 1 N–H and O–H groups in total. The summed E-state index contributed by atoms with van der Waals surface area (Å²) in [4.78, 5) is 4.69. The van der Waals surface area contributed by atoms with Gasteiger partial charge < -0.3 is 0 Å². The molecule has 0 spiro atoms. The summed E-state index contributed by atoms with van der Waals surface area (Å²) in [5.74, 6) is 1.96. The van der Waals surface area contributed by atoms with Crippen molar-refractivity contribution in [2.45, 2.75) is 23.7 Å². The summed E-state index contributed by atoms with van der Waals surface area (Å²) in [5, 5.41) is 7.05. The summed E-state index contributed by atoms with van der Waals surface area (Å²) in [6.45, 7) is 0. The van der Waals surface area contributed by atoms with Crippen LogP contribution >= 0.6 is 0 Å². The molecule has 1 fully saturated rings. The van der Waals surface area contributed by atoms with Gasteiger partial charge in [0.25, 0.3) is 0 Å². The number of benzene rings is 1. The van der Waals surface area contributed by atoms with Gasteiger partial charge in [0, 0.05) is 17.7 Å². The van der Waals surface area contributed by atoms with Gasteiger partial charge in [0.05, 0.1) is 4.90 Å². The van der Waals surface area contributed by atoms with Crippen LogP contribution in [0.25, 0.3) is 11.4 Å². The highest BCUT2D eigenvalue weighted by Gasteiger charge is 2.27. The molecular formula is C12H13N3O2S. The fourth-order valence-corrected chi connectivity index (χ4v) is 2.48. The first kappa shape index (κ1) is 11.4. The van der Waals surface area contributed by atoms with E-state index >= 15 is 0 Å². The number of aromatic nitrogens is 3. The molecule has 0 saturated heterocycles. The van der Waals surface area contributed by atoms with Crippen molar-refractivity contribution in [1.29, 1.82) is 0 Å². The Bertz CT molecular complexity index is 687. The Balaban J connectivity index is 2.00. The first-order valence-electron chi connectivity index (χ1n) is 5.77. The predicted octanol–water partition coefficient (Wildman–Crippen LogP) is 1.75. The molecule has 0 bridgehead atoms. The van der Waals surface area contributed by atoms with Crippen LogP contribution in [-0.4, -0.2) is 29.9 Å². The van der Waals surface area contributed by atoms with Crippen molar-refractivity contribution in [3.63, 3.8) is 0 Å². The second-order valence-corrected chi connectivity index (χ2v) is 6.63. The topological polar surface area (TPSA) is 75.7 Å². The van der Waals surface area contributed by atoms with Crippen LogP contribution in [0.3, 0.4) is 0 Å². The molecule has 94 valence electrons. The molecule has 6 heteroatoms. The Hall–Kier alpha value is -1.69. The second kappa shape index (κ2) is 3.91. The van der Waals surface area contributed by atoms with Gasteiger partial charge in [0.1, 0.15) is 5.82 Å². The van der Waals surface area contributed by atoms with Crippen LogP contribution in [-0.2, 0) is 9.84 Å². The highest BCUT2D eigenvalue weighted by molar-refractivity contribution is 7.90. The molecule has 0 amide bonds. The molecule has 2 aromatic rings. The van der Waals surface area contributed by atoms with Crippen molar-refractivity contribution in [2.24, 2.45) is 0 Å². The molecule has 1 aliphatic carbocycles. The van der Waals surface area contributed by atoms with Crippen molar-refractivity contribution in [2.75, 3.05) is 6.26 Å². The smallest absolute Gasteiger partial charge is 0.181 e. The molecule has 18 heavy (non-hydrogen) atoms. The van der Waals surface area contributed by atoms with Crippen molar-refractivity contribution in [1.82, 2.24) is 15.2 Å². The van der Waals surface area contributed by atoms with Gasteiger partial charge in [-0.3, -0.25) is 5.10 Å². The van der Waals surface area contributed by atoms with E-state index in [0.717, 1.165) is 24.2 Å². The average molecular weight is 263 g/mol. The fraction of sp³-hybridized carbons (Fsp3) is 0.333. The third-order valence-corrected chi connectivity index (χ3v) is 4.10. The van der Waals surface area contributed by atoms with E-state index in [1.165, 1.54) is 6.26 Å². The zero-order valence-electron chi connectivity index (χ0n) is 9.92. The van der Waals surface area contributed by atoms with Gasteiger partial charge in [0.2, 0.25) is 0 Å².